The van der Waals surface area contributed by atoms with E-state index in [0.29, 0.717) is 6.04 Å². The number of nitrogens with one attached hydrogen (secondary N) is 1. The Morgan fingerprint density at radius 3 is 2.50 bits per heavy atom. The first-order valence-electron chi connectivity index (χ1n) is 5.14. The van der Waals surface area contributed by atoms with Crippen molar-refractivity contribution in [2.24, 2.45) is 0 Å². The van der Waals surface area contributed by atoms with Crippen LogP contribution in [-0.2, 0) is 0 Å². The lowest BCUT2D eigenvalue weighted by molar-refractivity contribution is -0.158. The third kappa shape index (κ3) is 2.60. The van der Waals surface area contributed by atoms with Gasteiger partial charge in [-0.3, -0.25) is 4.90 Å². The smallest absolute Gasteiger partial charge is 0.296 e. The second-order valence-electron chi connectivity index (χ2n) is 4.14. The van der Waals surface area contributed by atoms with Crippen LogP contribution in [0.5, 0.6) is 0 Å². The Labute approximate surface area is 81.5 Å². The molecule has 0 unspecified atom stereocenters. The minimum atomic E-state index is -4.22. The van der Waals surface area contributed by atoms with Gasteiger partial charge in [0.05, 0.1) is 0 Å². The summed E-state index contributed by atoms with van der Waals surface area (Å²) in [5.41, 5.74) is 0. The number of hydrogen-bond acceptors (Lipinski definition) is 2. The zero-order chi connectivity index (χ0) is 10.2. The molecule has 0 amide bonds. The summed E-state index contributed by atoms with van der Waals surface area (Å²) < 4.78 is 35.8. The summed E-state index contributed by atoms with van der Waals surface area (Å²) in [5.74, 6) is 0. The standard InChI is InChI=1S/C9H15F3N2/c10-9(11,12)13-6-8-2-1-5-14(8)7-3-4-7/h7-8,13H,1-6H2/t8-/m0/s1. The Balaban J connectivity index is 1.78. The molecular weight excluding hydrogens is 193 g/mol. The number of likely N-dealkylation sites (tertiary alicyclic amines) is 1. The molecule has 0 radical (unpaired) electrons. The van der Waals surface area contributed by atoms with Crippen molar-refractivity contribution >= 4 is 0 Å². The molecule has 14 heavy (non-hydrogen) atoms. The third-order valence-corrected chi connectivity index (χ3v) is 2.98. The molecule has 1 N–H and O–H groups in total. The van der Waals surface area contributed by atoms with Gasteiger partial charge in [0.1, 0.15) is 0 Å². The Morgan fingerprint density at radius 2 is 1.93 bits per heavy atom. The highest BCUT2D eigenvalue weighted by molar-refractivity contribution is 4.92. The minimum absolute atomic E-state index is 0.0556. The fourth-order valence-corrected chi connectivity index (χ4v) is 2.20. The van der Waals surface area contributed by atoms with E-state index in [1.807, 2.05) is 0 Å². The maximum absolute atomic E-state index is 11.9. The lowest BCUT2D eigenvalue weighted by Gasteiger charge is -2.24. The van der Waals surface area contributed by atoms with Crippen LogP contribution >= 0.6 is 0 Å². The fraction of sp³-hybridized carbons (Fsp3) is 1.00. The molecule has 1 atom stereocenters. The third-order valence-electron chi connectivity index (χ3n) is 2.98. The van der Waals surface area contributed by atoms with Crippen molar-refractivity contribution in [2.45, 2.75) is 44.1 Å². The molecule has 0 aromatic rings. The van der Waals surface area contributed by atoms with Gasteiger partial charge in [-0.15, -0.1) is 0 Å². The van der Waals surface area contributed by atoms with E-state index in [1.165, 1.54) is 12.8 Å². The Hall–Kier alpha value is -0.290. The van der Waals surface area contributed by atoms with Crippen molar-refractivity contribution in [3.8, 4) is 0 Å². The van der Waals surface area contributed by atoms with Crippen LogP contribution < -0.4 is 5.32 Å². The van der Waals surface area contributed by atoms with Crippen LogP contribution in [0.25, 0.3) is 0 Å². The van der Waals surface area contributed by atoms with Crippen molar-refractivity contribution in [1.29, 1.82) is 0 Å². The van der Waals surface area contributed by atoms with Crippen LogP contribution in [0.3, 0.4) is 0 Å². The maximum Gasteiger partial charge on any atom is 0.457 e. The Morgan fingerprint density at radius 1 is 1.21 bits per heavy atom. The summed E-state index contributed by atoms with van der Waals surface area (Å²) >= 11 is 0. The van der Waals surface area contributed by atoms with Crippen molar-refractivity contribution in [3.05, 3.63) is 0 Å². The molecule has 5 heteroatoms. The number of rotatable bonds is 3. The largest absolute Gasteiger partial charge is 0.457 e. The second-order valence-corrected chi connectivity index (χ2v) is 4.14. The van der Waals surface area contributed by atoms with Gasteiger partial charge >= 0.3 is 6.30 Å². The Kier molecular flexibility index (Phi) is 2.70. The predicted octanol–water partition coefficient (Wildman–Crippen LogP) is 1.72. The first-order chi connectivity index (χ1) is 6.56. The van der Waals surface area contributed by atoms with Gasteiger partial charge in [-0.2, -0.15) is 13.2 Å². The SMILES string of the molecule is FC(F)(F)NC[C@@H]1CCCN1C1CC1. The molecule has 1 aliphatic heterocycles. The van der Waals surface area contributed by atoms with Gasteiger partial charge in [-0.25, -0.2) is 5.32 Å². The van der Waals surface area contributed by atoms with Crippen LogP contribution in [-0.4, -0.2) is 36.4 Å². The highest BCUT2D eigenvalue weighted by Gasteiger charge is 2.38. The van der Waals surface area contributed by atoms with Crippen molar-refractivity contribution < 1.29 is 13.2 Å². The van der Waals surface area contributed by atoms with Crippen LogP contribution in [0.1, 0.15) is 25.7 Å². The summed E-state index contributed by atoms with van der Waals surface area (Å²) in [7, 11) is 0. The van der Waals surface area contributed by atoms with Gasteiger partial charge in [0.25, 0.3) is 0 Å². The van der Waals surface area contributed by atoms with Gasteiger partial charge in [0.15, 0.2) is 0 Å². The first kappa shape index (κ1) is 10.2. The van der Waals surface area contributed by atoms with E-state index in [9.17, 15) is 13.2 Å². The molecule has 1 saturated heterocycles. The topological polar surface area (TPSA) is 15.3 Å². The van der Waals surface area contributed by atoms with E-state index in [-0.39, 0.29) is 12.6 Å². The summed E-state index contributed by atoms with van der Waals surface area (Å²) in [5, 5.41) is 1.63. The van der Waals surface area contributed by atoms with Crippen LogP contribution in [0.2, 0.25) is 0 Å². The van der Waals surface area contributed by atoms with E-state index in [4.69, 9.17) is 0 Å². The lowest BCUT2D eigenvalue weighted by Crippen LogP contribution is -2.44. The molecule has 0 spiro atoms. The number of hydrogen-bond donors (Lipinski definition) is 1. The first-order valence-corrected chi connectivity index (χ1v) is 5.14. The van der Waals surface area contributed by atoms with Crippen molar-refractivity contribution in [2.75, 3.05) is 13.1 Å². The molecule has 0 aromatic carbocycles. The summed E-state index contributed by atoms with van der Waals surface area (Å²) in [6.45, 7) is 1.04. The van der Waals surface area contributed by atoms with E-state index in [1.54, 1.807) is 5.32 Å². The molecule has 0 aromatic heterocycles. The minimum Gasteiger partial charge on any atom is -0.296 e. The average Bonchev–Trinajstić information content (AvgIpc) is 2.81. The molecule has 1 heterocycles. The quantitative estimate of drug-likeness (QED) is 0.710. The molecule has 2 rings (SSSR count). The summed E-state index contributed by atoms with van der Waals surface area (Å²) in [4.78, 5) is 2.23. The van der Waals surface area contributed by atoms with Crippen LogP contribution in [0, 0.1) is 0 Å². The number of halogens is 3. The van der Waals surface area contributed by atoms with E-state index in [0.717, 1.165) is 19.4 Å². The molecule has 2 fully saturated rings. The molecule has 2 nitrogen and oxygen atoms in total. The molecule has 0 bridgehead atoms. The van der Waals surface area contributed by atoms with Gasteiger partial charge in [0.2, 0.25) is 0 Å². The molecule has 82 valence electrons. The van der Waals surface area contributed by atoms with Gasteiger partial charge < -0.3 is 0 Å². The highest BCUT2D eigenvalue weighted by Crippen LogP contribution is 2.33. The van der Waals surface area contributed by atoms with E-state index < -0.39 is 6.30 Å². The maximum atomic E-state index is 11.9. The van der Waals surface area contributed by atoms with Crippen LogP contribution in [0.15, 0.2) is 0 Å². The normalized spacial score (nSPS) is 29.8. The second kappa shape index (κ2) is 3.70. The number of nitrogens with zero attached hydrogens (tertiary/aromatic N) is 1. The van der Waals surface area contributed by atoms with Gasteiger partial charge in [0, 0.05) is 18.6 Å². The Bertz CT molecular complexity index is 201. The summed E-state index contributed by atoms with van der Waals surface area (Å²) in [6, 6.07) is 0.682. The summed E-state index contributed by atoms with van der Waals surface area (Å²) in [6.07, 6.45) is 0.0587. The van der Waals surface area contributed by atoms with Crippen LogP contribution in [0.4, 0.5) is 13.2 Å². The molecule has 2 aliphatic rings. The predicted molar refractivity (Wildman–Crippen MR) is 46.8 cm³/mol. The monoisotopic (exact) mass is 208 g/mol. The lowest BCUT2D eigenvalue weighted by atomic mass is 10.2. The van der Waals surface area contributed by atoms with Crippen molar-refractivity contribution in [1.82, 2.24) is 10.2 Å². The fourth-order valence-electron chi connectivity index (χ4n) is 2.20. The average molecular weight is 208 g/mol. The molecule has 1 saturated carbocycles. The molecule has 1 aliphatic carbocycles. The van der Waals surface area contributed by atoms with Crippen molar-refractivity contribution in [3.63, 3.8) is 0 Å². The number of alkyl halides is 3. The zero-order valence-corrected chi connectivity index (χ0v) is 7.98. The zero-order valence-electron chi connectivity index (χ0n) is 7.98. The van der Waals surface area contributed by atoms with E-state index >= 15 is 0 Å². The highest BCUT2D eigenvalue weighted by atomic mass is 19.4. The van der Waals surface area contributed by atoms with Gasteiger partial charge in [-0.05, 0) is 32.2 Å². The van der Waals surface area contributed by atoms with E-state index in [2.05, 4.69) is 4.90 Å². The molecular formula is C9H15F3N2. The van der Waals surface area contributed by atoms with Gasteiger partial charge in [-0.1, -0.05) is 0 Å².